The third kappa shape index (κ3) is 5.43. The minimum absolute atomic E-state index is 0.0785. The quantitative estimate of drug-likeness (QED) is 0.482. The summed E-state index contributed by atoms with van der Waals surface area (Å²) in [6.45, 7) is 9.26. The number of hydrogen-bond donors (Lipinski definition) is 0. The molecule has 2 heterocycles. The van der Waals surface area contributed by atoms with Gasteiger partial charge in [-0.15, -0.1) is 0 Å². The SMILES string of the molecule is CCCN(CCC)S(=O)(=O)c1c(C)nn(CC(=O)c2cc(C)n(CC(F)(F)F)c2C)c1C. The van der Waals surface area contributed by atoms with Gasteiger partial charge in [0.1, 0.15) is 18.0 Å². The Morgan fingerprint density at radius 1 is 1.06 bits per heavy atom. The monoisotopic (exact) mass is 476 g/mol. The van der Waals surface area contributed by atoms with Gasteiger partial charge in [-0.25, -0.2) is 8.42 Å². The molecular weight excluding hydrogens is 445 g/mol. The first-order valence-electron chi connectivity index (χ1n) is 10.5. The first-order chi connectivity index (χ1) is 14.7. The van der Waals surface area contributed by atoms with E-state index >= 15 is 0 Å². The Kier molecular flexibility index (Phi) is 7.98. The van der Waals surface area contributed by atoms with Gasteiger partial charge in [-0.2, -0.15) is 22.6 Å². The largest absolute Gasteiger partial charge is 0.406 e. The molecule has 180 valence electrons. The molecule has 2 aromatic heterocycles. The van der Waals surface area contributed by atoms with E-state index in [-0.39, 0.29) is 28.4 Å². The molecule has 0 aromatic carbocycles. The summed E-state index contributed by atoms with van der Waals surface area (Å²) in [4.78, 5) is 13.0. The molecular formula is C21H31F3N4O3S. The number of rotatable bonds is 10. The number of ketones is 1. The molecule has 0 aliphatic carbocycles. The molecule has 7 nitrogen and oxygen atoms in total. The third-order valence-electron chi connectivity index (χ3n) is 5.36. The minimum atomic E-state index is -4.41. The highest BCUT2D eigenvalue weighted by Crippen LogP contribution is 2.26. The molecule has 0 saturated heterocycles. The predicted molar refractivity (Wildman–Crippen MR) is 115 cm³/mol. The van der Waals surface area contributed by atoms with Crippen molar-refractivity contribution < 1.29 is 26.4 Å². The molecule has 0 N–H and O–H groups in total. The van der Waals surface area contributed by atoms with Crippen LogP contribution in [-0.2, 0) is 23.1 Å². The Hall–Kier alpha value is -2.14. The molecule has 0 aliphatic heterocycles. The zero-order valence-electron chi connectivity index (χ0n) is 19.4. The first kappa shape index (κ1) is 26.1. The lowest BCUT2D eigenvalue weighted by molar-refractivity contribution is -0.141. The van der Waals surface area contributed by atoms with Crippen LogP contribution in [0.15, 0.2) is 11.0 Å². The lowest BCUT2D eigenvalue weighted by Gasteiger charge is -2.21. The fraction of sp³-hybridized carbons (Fsp3) is 0.619. The van der Waals surface area contributed by atoms with Crippen LogP contribution in [0.3, 0.4) is 0 Å². The topological polar surface area (TPSA) is 77.2 Å². The zero-order chi connectivity index (χ0) is 24.4. The summed E-state index contributed by atoms with van der Waals surface area (Å²) < 4.78 is 68.9. The second kappa shape index (κ2) is 9.78. The maximum Gasteiger partial charge on any atom is 0.406 e. The van der Waals surface area contributed by atoms with Gasteiger partial charge >= 0.3 is 6.18 Å². The predicted octanol–water partition coefficient (Wildman–Crippen LogP) is 4.17. The number of carbonyl (C=O) groups excluding carboxylic acids is 1. The van der Waals surface area contributed by atoms with E-state index in [0.29, 0.717) is 37.3 Å². The van der Waals surface area contributed by atoms with Gasteiger partial charge in [-0.3, -0.25) is 9.48 Å². The van der Waals surface area contributed by atoms with Crippen molar-refractivity contribution in [2.24, 2.45) is 0 Å². The molecule has 0 spiro atoms. The van der Waals surface area contributed by atoms with Crippen LogP contribution in [-0.4, -0.2) is 52.1 Å². The van der Waals surface area contributed by atoms with E-state index in [1.165, 1.54) is 28.9 Å². The minimum Gasteiger partial charge on any atom is -0.339 e. The van der Waals surface area contributed by atoms with Crippen LogP contribution in [0.1, 0.15) is 59.8 Å². The maximum atomic E-state index is 13.2. The van der Waals surface area contributed by atoms with Gasteiger partial charge in [0, 0.05) is 30.0 Å². The highest BCUT2D eigenvalue weighted by atomic mass is 32.2. The van der Waals surface area contributed by atoms with E-state index in [2.05, 4.69) is 5.10 Å². The van der Waals surface area contributed by atoms with Crippen LogP contribution >= 0.6 is 0 Å². The van der Waals surface area contributed by atoms with E-state index in [4.69, 9.17) is 0 Å². The Morgan fingerprint density at radius 2 is 1.62 bits per heavy atom. The molecule has 32 heavy (non-hydrogen) atoms. The van der Waals surface area contributed by atoms with Gasteiger partial charge in [0.05, 0.1) is 11.4 Å². The molecule has 11 heteroatoms. The van der Waals surface area contributed by atoms with Crippen LogP contribution in [0.25, 0.3) is 0 Å². The number of carbonyl (C=O) groups is 1. The Labute approximate surface area is 187 Å². The van der Waals surface area contributed by atoms with Gasteiger partial charge in [0.25, 0.3) is 0 Å². The molecule has 0 amide bonds. The molecule has 0 unspecified atom stereocenters. The van der Waals surface area contributed by atoms with Gasteiger partial charge in [0.2, 0.25) is 10.0 Å². The Bertz CT molecular complexity index is 1080. The van der Waals surface area contributed by atoms with Crippen molar-refractivity contribution >= 4 is 15.8 Å². The van der Waals surface area contributed by atoms with Crippen molar-refractivity contribution in [2.45, 2.75) is 78.5 Å². The first-order valence-corrected chi connectivity index (χ1v) is 12.0. The van der Waals surface area contributed by atoms with Gasteiger partial charge in [0.15, 0.2) is 5.78 Å². The molecule has 0 saturated carbocycles. The van der Waals surface area contributed by atoms with Crippen LogP contribution in [0.5, 0.6) is 0 Å². The number of nitrogens with zero attached hydrogens (tertiary/aromatic N) is 4. The summed E-state index contributed by atoms with van der Waals surface area (Å²) in [5.41, 5.74) is 1.33. The smallest absolute Gasteiger partial charge is 0.339 e. The molecule has 0 radical (unpaired) electrons. The summed E-state index contributed by atoms with van der Waals surface area (Å²) in [6.07, 6.45) is -3.08. The molecule has 2 rings (SSSR count). The van der Waals surface area contributed by atoms with Crippen molar-refractivity contribution in [3.8, 4) is 0 Å². The van der Waals surface area contributed by atoms with E-state index < -0.39 is 28.5 Å². The van der Waals surface area contributed by atoms with E-state index in [9.17, 15) is 26.4 Å². The normalized spacial score (nSPS) is 12.7. The van der Waals surface area contributed by atoms with E-state index in [1.54, 1.807) is 13.8 Å². The van der Waals surface area contributed by atoms with Crippen molar-refractivity contribution in [3.05, 3.63) is 34.4 Å². The van der Waals surface area contributed by atoms with E-state index in [1.807, 2.05) is 13.8 Å². The standard InChI is InChI=1S/C21H31F3N4O3S/c1-7-9-26(10-8-2)32(30,31)20-15(4)25-28(17(20)6)12-19(29)18-11-14(3)27(16(18)5)13-21(22,23)24/h11H,7-10,12-13H2,1-6H3. The molecule has 0 fully saturated rings. The van der Waals surface area contributed by atoms with Crippen molar-refractivity contribution in [2.75, 3.05) is 13.1 Å². The van der Waals surface area contributed by atoms with E-state index in [0.717, 1.165) is 4.57 Å². The second-order valence-corrected chi connectivity index (χ2v) is 9.85. The zero-order valence-corrected chi connectivity index (χ0v) is 20.2. The van der Waals surface area contributed by atoms with Crippen LogP contribution in [0, 0.1) is 27.7 Å². The summed E-state index contributed by atoms with van der Waals surface area (Å²) in [5, 5.41) is 4.27. The lowest BCUT2D eigenvalue weighted by atomic mass is 10.1. The van der Waals surface area contributed by atoms with Crippen molar-refractivity contribution in [1.29, 1.82) is 0 Å². The summed E-state index contributed by atoms with van der Waals surface area (Å²) in [7, 11) is -3.79. The van der Waals surface area contributed by atoms with Gasteiger partial charge < -0.3 is 4.57 Å². The molecule has 2 aromatic rings. The summed E-state index contributed by atoms with van der Waals surface area (Å²) in [5.74, 6) is -0.431. The highest BCUT2D eigenvalue weighted by Gasteiger charge is 2.32. The van der Waals surface area contributed by atoms with Gasteiger partial charge in [-0.1, -0.05) is 13.8 Å². The average molecular weight is 477 g/mol. The number of halogens is 3. The number of hydrogen-bond acceptors (Lipinski definition) is 4. The number of aryl methyl sites for hydroxylation is 2. The molecule has 0 aliphatic rings. The number of alkyl halides is 3. The molecule has 0 atom stereocenters. The fourth-order valence-electron chi connectivity index (χ4n) is 3.92. The van der Waals surface area contributed by atoms with Crippen LogP contribution in [0.4, 0.5) is 13.2 Å². The highest BCUT2D eigenvalue weighted by molar-refractivity contribution is 7.89. The lowest BCUT2D eigenvalue weighted by Crippen LogP contribution is -2.33. The second-order valence-electron chi connectivity index (χ2n) is 7.97. The third-order valence-corrected chi connectivity index (χ3v) is 7.52. The maximum absolute atomic E-state index is 13.2. The molecule has 0 bridgehead atoms. The Balaban J connectivity index is 2.39. The fourth-order valence-corrected chi connectivity index (χ4v) is 5.91. The van der Waals surface area contributed by atoms with Crippen LogP contribution < -0.4 is 0 Å². The summed E-state index contributed by atoms with van der Waals surface area (Å²) >= 11 is 0. The van der Waals surface area contributed by atoms with Crippen LogP contribution in [0.2, 0.25) is 0 Å². The number of aromatic nitrogens is 3. The van der Waals surface area contributed by atoms with Crippen molar-refractivity contribution in [1.82, 2.24) is 18.7 Å². The Morgan fingerprint density at radius 3 is 2.12 bits per heavy atom. The number of sulfonamides is 1. The van der Waals surface area contributed by atoms with Crippen molar-refractivity contribution in [3.63, 3.8) is 0 Å². The summed E-state index contributed by atoms with van der Waals surface area (Å²) in [6, 6.07) is 1.43. The van der Waals surface area contributed by atoms with Gasteiger partial charge in [-0.05, 0) is 46.6 Å². The average Bonchev–Trinajstić information content (AvgIpc) is 3.10. The number of Topliss-reactive ketones (excluding diaryl/α,β-unsaturated/α-hetero) is 1.